The van der Waals surface area contributed by atoms with Crippen LogP contribution in [-0.4, -0.2) is 18.4 Å². The van der Waals surface area contributed by atoms with E-state index in [4.69, 9.17) is 5.73 Å². The number of carbonyl (C=O) groups is 2. The summed E-state index contributed by atoms with van der Waals surface area (Å²) in [6.07, 6.45) is 4.15. The lowest BCUT2D eigenvalue weighted by Gasteiger charge is -1.98. The van der Waals surface area contributed by atoms with Crippen molar-refractivity contribution in [1.82, 2.24) is 5.32 Å². The van der Waals surface area contributed by atoms with Crippen LogP contribution in [0.25, 0.3) is 0 Å². The largest absolute Gasteiger partial charge is 0.366 e. The third-order valence-corrected chi connectivity index (χ3v) is 1.23. The first-order valence-corrected chi connectivity index (χ1v) is 3.92. The van der Waals surface area contributed by atoms with Gasteiger partial charge in [-0.05, 0) is 6.42 Å². The van der Waals surface area contributed by atoms with Crippen LogP contribution in [0.5, 0.6) is 0 Å². The van der Waals surface area contributed by atoms with Crippen LogP contribution in [0.2, 0.25) is 0 Å². The van der Waals surface area contributed by atoms with E-state index < -0.39 is 5.91 Å². The first-order valence-electron chi connectivity index (χ1n) is 3.92. The Hall–Kier alpha value is -1.32. The van der Waals surface area contributed by atoms with Crippen molar-refractivity contribution in [2.24, 2.45) is 5.73 Å². The van der Waals surface area contributed by atoms with Gasteiger partial charge in [-0.25, -0.2) is 0 Å². The highest BCUT2D eigenvalue weighted by atomic mass is 16.2. The van der Waals surface area contributed by atoms with Gasteiger partial charge < -0.3 is 11.1 Å². The highest BCUT2D eigenvalue weighted by Gasteiger charge is 1.93. The number of amides is 2. The average Bonchev–Trinajstić information content (AvgIpc) is 2.01. The van der Waals surface area contributed by atoms with Gasteiger partial charge in [0.2, 0.25) is 11.8 Å². The minimum atomic E-state index is -0.611. The third kappa shape index (κ3) is 6.80. The molecule has 2 amide bonds. The van der Waals surface area contributed by atoms with Crippen LogP contribution in [0.4, 0.5) is 0 Å². The van der Waals surface area contributed by atoms with Gasteiger partial charge in [0, 0.05) is 18.7 Å². The molecule has 12 heavy (non-hydrogen) atoms. The van der Waals surface area contributed by atoms with Gasteiger partial charge in [0.25, 0.3) is 0 Å². The molecule has 0 aromatic rings. The van der Waals surface area contributed by atoms with E-state index in [9.17, 15) is 9.59 Å². The number of hydrogen-bond donors (Lipinski definition) is 2. The Morgan fingerprint density at radius 3 is 2.58 bits per heavy atom. The van der Waals surface area contributed by atoms with Gasteiger partial charge in [-0.3, -0.25) is 9.59 Å². The first kappa shape index (κ1) is 10.7. The minimum Gasteiger partial charge on any atom is -0.366 e. The second kappa shape index (κ2) is 6.39. The number of nitrogens with one attached hydrogen (secondary N) is 1. The van der Waals surface area contributed by atoms with E-state index in [1.807, 2.05) is 6.92 Å². The Morgan fingerprint density at radius 2 is 2.08 bits per heavy atom. The van der Waals surface area contributed by atoms with Crippen LogP contribution in [0.15, 0.2) is 12.2 Å². The van der Waals surface area contributed by atoms with Gasteiger partial charge in [-0.1, -0.05) is 13.3 Å². The summed E-state index contributed by atoms with van der Waals surface area (Å²) in [6, 6.07) is 0. The molecule has 0 saturated heterocycles. The van der Waals surface area contributed by atoms with E-state index in [2.05, 4.69) is 5.32 Å². The zero-order chi connectivity index (χ0) is 9.40. The van der Waals surface area contributed by atoms with Crippen LogP contribution < -0.4 is 11.1 Å². The summed E-state index contributed by atoms with van der Waals surface area (Å²) in [7, 11) is 0. The molecule has 0 atom stereocenters. The average molecular weight is 170 g/mol. The molecule has 0 aliphatic heterocycles. The van der Waals surface area contributed by atoms with Crippen LogP contribution >= 0.6 is 0 Å². The maximum atomic E-state index is 10.8. The quantitative estimate of drug-likeness (QED) is 0.448. The lowest BCUT2D eigenvalue weighted by atomic mass is 10.3. The van der Waals surface area contributed by atoms with Crippen molar-refractivity contribution in [3.8, 4) is 0 Å². The molecular weight excluding hydrogens is 156 g/mol. The van der Waals surface area contributed by atoms with E-state index in [1.165, 1.54) is 0 Å². The summed E-state index contributed by atoms with van der Waals surface area (Å²) >= 11 is 0. The fourth-order valence-electron chi connectivity index (χ4n) is 0.605. The molecule has 0 aromatic carbocycles. The molecule has 0 fully saturated rings. The Balaban J connectivity index is 3.53. The van der Waals surface area contributed by atoms with Crippen molar-refractivity contribution in [1.29, 1.82) is 0 Å². The fourth-order valence-corrected chi connectivity index (χ4v) is 0.605. The smallest absolute Gasteiger partial charge is 0.244 e. The number of nitrogens with two attached hydrogens (primary N) is 1. The molecule has 0 saturated carbocycles. The lowest BCUT2D eigenvalue weighted by Crippen LogP contribution is -2.22. The molecule has 0 radical (unpaired) electrons. The van der Waals surface area contributed by atoms with E-state index in [0.717, 1.165) is 25.0 Å². The molecule has 0 aliphatic rings. The molecule has 68 valence electrons. The normalized spacial score (nSPS) is 10.1. The number of carbonyl (C=O) groups excluding carboxylic acids is 2. The number of primary amides is 1. The van der Waals surface area contributed by atoms with Gasteiger partial charge in [0.1, 0.15) is 0 Å². The highest BCUT2D eigenvalue weighted by Crippen LogP contribution is 1.82. The van der Waals surface area contributed by atoms with E-state index in [1.54, 1.807) is 0 Å². The molecule has 0 bridgehead atoms. The van der Waals surface area contributed by atoms with Gasteiger partial charge in [0.05, 0.1) is 0 Å². The molecule has 0 aromatic heterocycles. The van der Waals surface area contributed by atoms with Crippen molar-refractivity contribution in [2.45, 2.75) is 19.8 Å². The Labute approximate surface area is 71.8 Å². The summed E-state index contributed by atoms with van der Waals surface area (Å²) in [4.78, 5) is 21.0. The molecule has 0 unspecified atom stereocenters. The van der Waals surface area contributed by atoms with Crippen LogP contribution in [0, 0.1) is 0 Å². The van der Waals surface area contributed by atoms with Crippen molar-refractivity contribution in [3.63, 3.8) is 0 Å². The number of hydrogen-bond acceptors (Lipinski definition) is 2. The second-order valence-corrected chi connectivity index (χ2v) is 2.38. The topological polar surface area (TPSA) is 72.2 Å². The first-order chi connectivity index (χ1) is 5.66. The molecule has 3 N–H and O–H groups in total. The summed E-state index contributed by atoms with van der Waals surface area (Å²) in [5.41, 5.74) is 4.79. The maximum absolute atomic E-state index is 10.8. The predicted octanol–water partition coefficient (Wildman–Crippen LogP) is -0.0558. The zero-order valence-electron chi connectivity index (χ0n) is 7.17. The van der Waals surface area contributed by atoms with Gasteiger partial charge >= 0.3 is 0 Å². The lowest BCUT2D eigenvalue weighted by molar-refractivity contribution is -0.117. The van der Waals surface area contributed by atoms with Crippen LogP contribution in [-0.2, 0) is 9.59 Å². The summed E-state index contributed by atoms with van der Waals surface area (Å²) < 4.78 is 0. The SMILES string of the molecule is CCCCNC(=O)C=CC(N)=O. The number of rotatable bonds is 5. The Bertz CT molecular complexity index is 187. The van der Waals surface area contributed by atoms with E-state index >= 15 is 0 Å². The predicted molar refractivity (Wildman–Crippen MR) is 46.3 cm³/mol. The molecule has 0 rings (SSSR count). The third-order valence-electron chi connectivity index (χ3n) is 1.23. The Morgan fingerprint density at radius 1 is 1.42 bits per heavy atom. The number of unbranched alkanes of at least 4 members (excludes halogenated alkanes) is 1. The standard InChI is InChI=1S/C8H14N2O2/c1-2-3-6-10-8(12)5-4-7(9)11/h4-5H,2-3,6H2,1H3,(H2,9,11)(H,10,12). The zero-order valence-corrected chi connectivity index (χ0v) is 7.17. The summed E-state index contributed by atoms with van der Waals surface area (Å²) in [5.74, 6) is -0.886. The maximum Gasteiger partial charge on any atom is 0.244 e. The van der Waals surface area contributed by atoms with Gasteiger partial charge in [-0.15, -0.1) is 0 Å². The van der Waals surface area contributed by atoms with Crippen LogP contribution in [0.3, 0.4) is 0 Å². The highest BCUT2D eigenvalue weighted by molar-refractivity contribution is 5.95. The molecular formula is C8H14N2O2. The van der Waals surface area contributed by atoms with Crippen molar-refractivity contribution in [3.05, 3.63) is 12.2 Å². The molecule has 0 aliphatic carbocycles. The fraction of sp³-hybridized carbons (Fsp3) is 0.500. The summed E-state index contributed by atoms with van der Waals surface area (Å²) in [6.45, 7) is 2.67. The van der Waals surface area contributed by atoms with Crippen LogP contribution in [0.1, 0.15) is 19.8 Å². The van der Waals surface area contributed by atoms with Gasteiger partial charge in [-0.2, -0.15) is 0 Å². The van der Waals surface area contributed by atoms with Crippen molar-refractivity contribution >= 4 is 11.8 Å². The molecule has 4 heteroatoms. The van der Waals surface area contributed by atoms with E-state index in [0.29, 0.717) is 6.54 Å². The molecule has 0 spiro atoms. The van der Waals surface area contributed by atoms with Crippen molar-refractivity contribution < 1.29 is 9.59 Å². The second-order valence-electron chi connectivity index (χ2n) is 2.38. The Kier molecular flexibility index (Phi) is 5.69. The molecule has 0 heterocycles. The van der Waals surface area contributed by atoms with Crippen molar-refractivity contribution in [2.75, 3.05) is 6.54 Å². The van der Waals surface area contributed by atoms with Gasteiger partial charge in [0.15, 0.2) is 0 Å². The minimum absolute atomic E-state index is 0.276. The summed E-state index contributed by atoms with van der Waals surface area (Å²) in [5, 5.41) is 2.61. The monoisotopic (exact) mass is 170 g/mol. The molecule has 4 nitrogen and oxygen atoms in total. The van der Waals surface area contributed by atoms with E-state index in [-0.39, 0.29) is 5.91 Å².